The molecular formula is C18H17ClFNO2. The van der Waals surface area contributed by atoms with Crippen molar-refractivity contribution in [1.29, 1.82) is 0 Å². The van der Waals surface area contributed by atoms with Crippen LogP contribution in [0.3, 0.4) is 0 Å². The highest BCUT2D eigenvalue weighted by Crippen LogP contribution is 2.33. The lowest BCUT2D eigenvalue weighted by molar-refractivity contribution is -0.123. The first-order chi connectivity index (χ1) is 11.0. The summed E-state index contributed by atoms with van der Waals surface area (Å²) in [6, 6.07) is 11.3. The smallest absolute Gasteiger partial charge is 0.223 e. The maximum atomic E-state index is 13.2. The minimum atomic E-state index is -1.02. The Hall–Kier alpha value is -1.91. The fourth-order valence-electron chi connectivity index (χ4n) is 3.00. The van der Waals surface area contributed by atoms with Crippen LogP contribution in [0.4, 0.5) is 4.39 Å². The van der Waals surface area contributed by atoms with Gasteiger partial charge >= 0.3 is 0 Å². The molecule has 2 aromatic carbocycles. The molecular weight excluding hydrogens is 317 g/mol. The number of hydrogen-bond donors (Lipinski definition) is 2. The molecule has 3 rings (SSSR count). The van der Waals surface area contributed by atoms with Crippen LogP contribution in [-0.4, -0.2) is 11.0 Å². The summed E-state index contributed by atoms with van der Waals surface area (Å²) in [7, 11) is 0. The highest BCUT2D eigenvalue weighted by Gasteiger charge is 2.25. The third-order valence-electron chi connectivity index (χ3n) is 4.13. The van der Waals surface area contributed by atoms with Crippen LogP contribution in [0.2, 0.25) is 5.02 Å². The van der Waals surface area contributed by atoms with E-state index in [1.165, 1.54) is 18.2 Å². The Morgan fingerprint density at radius 3 is 2.96 bits per heavy atom. The number of carbonyl (C=O) groups is 1. The molecule has 3 nitrogen and oxygen atoms in total. The van der Waals surface area contributed by atoms with Crippen molar-refractivity contribution < 1.29 is 14.3 Å². The van der Waals surface area contributed by atoms with Crippen LogP contribution in [0.1, 0.15) is 41.7 Å². The predicted octanol–water partition coefficient (Wildman–Crippen LogP) is 3.71. The summed E-state index contributed by atoms with van der Waals surface area (Å²) in [5, 5.41) is 13.7. The zero-order valence-electron chi connectivity index (χ0n) is 12.4. The molecule has 0 fully saturated rings. The predicted molar refractivity (Wildman–Crippen MR) is 86.6 cm³/mol. The average Bonchev–Trinajstić information content (AvgIpc) is 2.89. The molecule has 5 heteroatoms. The number of fused-ring (bicyclic) bond motifs is 1. The molecule has 120 valence electrons. The van der Waals surface area contributed by atoms with Gasteiger partial charge in [0.2, 0.25) is 5.91 Å². The van der Waals surface area contributed by atoms with Crippen LogP contribution in [0, 0.1) is 5.82 Å². The van der Waals surface area contributed by atoms with Crippen molar-refractivity contribution in [3.8, 4) is 0 Å². The second-order valence-electron chi connectivity index (χ2n) is 5.78. The Labute approximate surface area is 139 Å². The van der Waals surface area contributed by atoms with Crippen molar-refractivity contribution in [2.24, 2.45) is 0 Å². The number of aliphatic hydroxyl groups is 1. The van der Waals surface area contributed by atoms with Gasteiger partial charge in [0.05, 0.1) is 18.6 Å². The molecule has 0 heterocycles. The van der Waals surface area contributed by atoms with Gasteiger partial charge in [-0.1, -0.05) is 29.8 Å². The fraction of sp³-hybridized carbons (Fsp3) is 0.278. The molecule has 1 aliphatic carbocycles. The van der Waals surface area contributed by atoms with E-state index in [-0.39, 0.29) is 18.4 Å². The number of halogens is 2. The van der Waals surface area contributed by atoms with Gasteiger partial charge in [0.1, 0.15) is 5.82 Å². The minimum absolute atomic E-state index is 0.0607. The van der Waals surface area contributed by atoms with Crippen LogP contribution < -0.4 is 5.32 Å². The lowest BCUT2D eigenvalue weighted by Gasteiger charge is -2.16. The van der Waals surface area contributed by atoms with E-state index < -0.39 is 11.9 Å². The Morgan fingerprint density at radius 1 is 1.35 bits per heavy atom. The van der Waals surface area contributed by atoms with Gasteiger partial charge in [0.15, 0.2) is 0 Å². The number of nitrogens with one attached hydrogen (secondary N) is 1. The summed E-state index contributed by atoms with van der Waals surface area (Å²) in [5.41, 5.74) is 2.62. The molecule has 0 saturated heterocycles. The average molecular weight is 334 g/mol. The van der Waals surface area contributed by atoms with E-state index in [4.69, 9.17) is 11.6 Å². The highest BCUT2D eigenvalue weighted by atomic mass is 35.5. The zero-order chi connectivity index (χ0) is 16.4. The lowest BCUT2D eigenvalue weighted by Crippen LogP contribution is -2.28. The van der Waals surface area contributed by atoms with E-state index in [0.29, 0.717) is 10.6 Å². The fourth-order valence-corrected chi connectivity index (χ4v) is 3.19. The normalized spacial score (nSPS) is 17.6. The third-order valence-corrected chi connectivity index (χ3v) is 4.37. The molecule has 2 N–H and O–H groups in total. The van der Waals surface area contributed by atoms with Gasteiger partial charge in [0, 0.05) is 5.02 Å². The second kappa shape index (κ2) is 6.69. The second-order valence-corrected chi connectivity index (χ2v) is 6.21. The number of aryl methyl sites for hydroxylation is 1. The van der Waals surface area contributed by atoms with Crippen LogP contribution in [0.5, 0.6) is 0 Å². The molecule has 0 saturated carbocycles. The van der Waals surface area contributed by atoms with E-state index in [1.54, 1.807) is 6.07 Å². The molecule has 2 aromatic rings. The number of carbonyl (C=O) groups excluding carboxylic acids is 1. The summed E-state index contributed by atoms with van der Waals surface area (Å²) in [5.74, 6) is -0.682. The molecule has 23 heavy (non-hydrogen) atoms. The van der Waals surface area contributed by atoms with Crippen molar-refractivity contribution in [2.45, 2.75) is 31.4 Å². The molecule has 0 bridgehead atoms. The van der Waals surface area contributed by atoms with E-state index in [9.17, 15) is 14.3 Å². The van der Waals surface area contributed by atoms with E-state index in [0.717, 1.165) is 24.0 Å². The number of aliphatic hydroxyl groups excluding tert-OH is 1. The van der Waals surface area contributed by atoms with Gasteiger partial charge < -0.3 is 10.4 Å². The first-order valence-corrected chi connectivity index (χ1v) is 7.92. The van der Waals surface area contributed by atoms with Gasteiger partial charge in [-0.15, -0.1) is 0 Å². The van der Waals surface area contributed by atoms with E-state index in [2.05, 4.69) is 5.32 Å². The Bertz CT molecular complexity index is 735. The summed E-state index contributed by atoms with van der Waals surface area (Å²) >= 11 is 5.98. The zero-order valence-corrected chi connectivity index (χ0v) is 13.2. The van der Waals surface area contributed by atoms with E-state index >= 15 is 0 Å². The van der Waals surface area contributed by atoms with Crippen molar-refractivity contribution in [3.05, 3.63) is 70.0 Å². The summed E-state index contributed by atoms with van der Waals surface area (Å²) in [4.78, 5) is 12.2. The van der Waals surface area contributed by atoms with Gasteiger partial charge in [-0.3, -0.25) is 4.79 Å². The Balaban J connectivity index is 1.63. The third kappa shape index (κ3) is 3.71. The number of hydrogen-bond acceptors (Lipinski definition) is 2. The number of rotatable bonds is 4. The standard InChI is InChI=1S/C18H17ClFNO2/c19-13-5-6-15-11(8-13)4-7-16(15)21-18(23)10-17(22)12-2-1-3-14(20)9-12/h1-3,5-6,8-9,16-17,22H,4,7,10H2,(H,21,23). The van der Waals surface area contributed by atoms with E-state index in [1.807, 2.05) is 18.2 Å². The molecule has 2 unspecified atom stereocenters. The summed E-state index contributed by atoms with van der Waals surface area (Å²) < 4.78 is 13.2. The van der Waals surface area contributed by atoms with Crippen LogP contribution in [0.15, 0.2) is 42.5 Å². The van der Waals surface area contributed by atoms with Gasteiger partial charge in [-0.2, -0.15) is 0 Å². The Kier molecular flexibility index (Phi) is 4.64. The quantitative estimate of drug-likeness (QED) is 0.896. The summed E-state index contributed by atoms with van der Waals surface area (Å²) in [6.45, 7) is 0. The van der Waals surface area contributed by atoms with Crippen molar-refractivity contribution in [2.75, 3.05) is 0 Å². The van der Waals surface area contributed by atoms with Gasteiger partial charge in [0.25, 0.3) is 0 Å². The Morgan fingerprint density at radius 2 is 2.17 bits per heavy atom. The van der Waals surface area contributed by atoms with Crippen molar-refractivity contribution in [3.63, 3.8) is 0 Å². The van der Waals surface area contributed by atoms with Crippen LogP contribution in [0.25, 0.3) is 0 Å². The molecule has 0 radical (unpaired) electrons. The lowest BCUT2D eigenvalue weighted by atomic mass is 10.0. The van der Waals surface area contributed by atoms with Crippen molar-refractivity contribution in [1.82, 2.24) is 5.32 Å². The first kappa shape index (κ1) is 16.0. The molecule has 1 aliphatic rings. The molecule has 0 spiro atoms. The first-order valence-electron chi connectivity index (χ1n) is 7.54. The molecule has 0 aliphatic heterocycles. The number of amides is 1. The maximum absolute atomic E-state index is 13.2. The maximum Gasteiger partial charge on any atom is 0.223 e. The number of benzene rings is 2. The topological polar surface area (TPSA) is 49.3 Å². The van der Waals surface area contributed by atoms with Crippen LogP contribution >= 0.6 is 11.6 Å². The van der Waals surface area contributed by atoms with Gasteiger partial charge in [-0.05, 0) is 53.8 Å². The highest BCUT2D eigenvalue weighted by molar-refractivity contribution is 6.30. The van der Waals surface area contributed by atoms with Crippen LogP contribution in [-0.2, 0) is 11.2 Å². The van der Waals surface area contributed by atoms with Crippen molar-refractivity contribution >= 4 is 17.5 Å². The monoisotopic (exact) mass is 333 g/mol. The minimum Gasteiger partial charge on any atom is -0.388 e. The molecule has 0 aromatic heterocycles. The summed E-state index contributed by atoms with van der Waals surface area (Å²) in [6.07, 6.45) is 0.574. The molecule has 1 amide bonds. The SMILES string of the molecule is O=C(CC(O)c1cccc(F)c1)NC1CCc2cc(Cl)ccc21. The van der Waals surface area contributed by atoms with Gasteiger partial charge in [-0.25, -0.2) is 4.39 Å². The largest absolute Gasteiger partial charge is 0.388 e. The molecule has 2 atom stereocenters.